The van der Waals surface area contributed by atoms with Crippen molar-refractivity contribution in [2.75, 3.05) is 26.7 Å². The van der Waals surface area contributed by atoms with Gasteiger partial charge in [-0.3, -0.25) is 24.7 Å². The molecule has 2 aromatic carbocycles. The van der Waals surface area contributed by atoms with E-state index in [1.54, 1.807) is 10.4 Å². The summed E-state index contributed by atoms with van der Waals surface area (Å²) in [5.41, 5.74) is 5.85. The molecule has 3 aromatic rings. The van der Waals surface area contributed by atoms with Crippen molar-refractivity contribution in [3.63, 3.8) is 0 Å². The molecule has 0 spiro atoms. The van der Waals surface area contributed by atoms with Crippen LogP contribution in [0, 0.1) is 12.8 Å². The SMILES string of the molecule is Cc1cc(OC2CC(C(=O)NO)C(C(=O)N3CC=C(c4ccccc4)CC3)N(C)C2)c2ccccc2n1. The molecule has 3 atom stereocenters. The number of fused-ring (bicyclic) bond motifs is 1. The van der Waals surface area contributed by atoms with Crippen molar-refractivity contribution in [2.24, 2.45) is 5.92 Å². The highest BCUT2D eigenvalue weighted by Gasteiger charge is 2.45. The minimum Gasteiger partial charge on any atom is -0.488 e. The molecule has 192 valence electrons. The Balaban J connectivity index is 1.34. The average Bonchev–Trinajstić information content (AvgIpc) is 2.92. The number of ether oxygens (including phenoxy) is 1. The van der Waals surface area contributed by atoms with Gasteiger partial charge in [-0.2, -0.15) is 0 Å². The lowest BCUT2D eigenvalue weighted by atomic mass is 9.86. The van der Waals surface area contributed by atoms with E-state index in [0.717, 1.165) is 23.0 Å². The molecule has 2 aliphatic heterocycles. The van der Waals surface area contributed by atoms with Gasteiger partial charge in [0, 0.05) is 36.8 Å². The molecular formula is C29H32N4O4. The van der Waals surface area contributed by atoms with Crippen LogP contribution in [0.1, 0.15) is 24.1 Å². The zero-order chi connectivity index (χ0) is 25.9. The van der Waals surface area contributed by atoms with Crippen LogP contribution in [-0.4, -0.2) is 70.6 Å². The number of hydroxylamine groups is 1. The summed E-state index contributed by atoms with van der Waals surface area (Å²) in [6.45, 7) is 3.46. The number of likely N-dealkylation sites (N-methyl/N-ethyl adjacent to an activating group) is 1. The van der Waals surface area contributed by atoms with E-state index in [2.05, 4.69) is 23.2 Å². The average molecular weight is 501 g/mol. The largest absolute Gasteiger partial charge is 0.488 e. The molecule has 5 rings (SSSR count). The number of nitrogens with one attached hydrogen (secondary N) is 1. The van der Waals surface area contributed by atoms with E-state index in [0.29, 0.717) is 31.8 Å². The maximum Gasteiger partial charge on any atom is 0.248 e. The Hall–Kier alpha value is -3.75. The Bertz CT molecular complexity index is 1330. The first-order valence-electron chi connectivity index (χ1n) is 12.6. The number of amides is 2. The van der Waals surface area contributed by atoms with E-state index >= 15 is 0 Å². The number of hydrogen-bond donors (Lipinski definition) is 2. The summed E-state index contributed by atoms with van der Waals surface area (Å²) in [6.07, 6.45) is 2.81. The number of aromatic nitrogens is 1. The first kappa shape index (κ1) is 24.9. The van der Waals surface area contributed by atoms with Gasteiger partial charge in [0.2, 0.25) is 11.8 Å². The second kappa shape index (κ2) is 10.7. The maximum atomic E-state index is 13.7. The third-order valence-electron chi connectivity index (χ3n) is 7.33. The van der Waals surface area contributed by atoms with Crippen molar-refractivity contribution in [3.05, 3.63) is 78.0 Å². The quantitative estimate of drug-likeness (QED) is 0.412. The summed E-state index contributed by atoms with van der Waals surface area (Å²) in [5.74, 6) is -0.742. The Morgan fingerprint density at radius 2 is 1.86 bits per heavy atom. The van der Waals surface area contributed by atoms with E-state index in [-0.39, 0.29) is 12.0 Å². The molecule has 8 nitrogen and oxygen atoms in total. The van der Waals surface area contributed by atoms with Crippen LogP contribution in [0.15, 0.2) is 66.7 Å². The molecule has 1 aromatic heterocycles. The van der Waals surface area contributed by atoms with E-state index in [1.807, 2.05) is 67.4 Å². The predicted octanol–water partition coefficient (Wildman–Crippen LogP) is 3.43. The summed E-state index contributed by atoms with van der Waals surface area (Å²) >= 11 is 0. The minimum absolute atomic E-state index is 0.108. The highest BCUT2D eigenvalue weighted by molar-refractivity contribution is 5.91. The van der Waals surface area contributed by atoms with Crippen LogP contribution in [0.4, 0.5) is 0 Å². The molecule has 2 amide bonds. The first-order valence-corrected chi connectivity index (χ1v) is 12.6. The minimum atomic E-state index is -0.755. The van der Waals surface area contributed by atoms with E-state index in [9.17, 15) is 14.8 Å². The molecule has 3 unspecified atom stereocenters. The van der Waals surface area contributed by atoms with Gasteiger partial charge < -0.3 is 9.64 Å². The summed E-state index contributed by atoms with van der Waals surface area (Å²) in [4.78, 5) is 34.7. The Morgan fingerprint density at radius 1 is 1.11 bits per heavy atom. The number of piperidine rings is 1. The standard InChI is InChI=1S/C29H32N4O4/c1-19-16-26(23-10-6-7-11-25(23)30-19)37-22-17-24(28(34)31-36)27(32(2)18-22)29(35)33-14-12-21(13-15-33)20-8-4-3-5-9-20/h3-12,16,22,24,27,36H,13-15,17-18H2,1-2H3,(H,31,34). The number of benzene rings is 2. The molecule has 37 heavy (non-hydrogen) atoms. The van der Waals surface area contributed by atoms with Gasteiger partial charge in [0.25, 0.3) is 0 Å². The molecule has 2 aliphatic rings. The first-order chi connectivity index (χ1) is 17.9. The number of carbonyl (C=O) groups excluding carboxylic acids is 2. The fourth-order valence-electron chi connectivity index (χ4n) is 5.53. The molecule has 1 saturated heterocycles. The van der Waals surface area contributed by atoms with Crippen LogP contribution < -0.4 is 10.2 Å². The van der Waals surface area contributed by atoms with Gasteiger partial charge in [-0.1, -0.05) is 48.5 Å². The zero-order valence-electron chi connectivity index (χ0n) is 21.1. The summed E-state index contributed by atoms with van der Waals surface area (Å²) in [6, 6.07) is 19.1. The molecule has 2 N–H and O–H groups in total. The molecular weight excluding hydrogens is 468 g/mol. The molecule has 0 bridgehead atoms. The predicted molar refractivity (Wildman–Crippen MR) is 141 cm³/mol. The number of rotatable bonds is 5. The number of pyridine rings is 1. The van der Waals surface area contributed by atoms with Crippen molar-refractivity contribution < 1.29 is 19.5 Å². The van der Waals surface area contributed by atoms with Crippen LogP contribution in [0.3, 0.4) is 0 Å². The lowest BCUT2D eigenvalue weighted by molar-refractivity contribution is -0.151. The van der Waals surface area contributed by atoms with Gasteiger partial charge in [-0.25, -0.2) is 5.48 Å². The Kier molecular flexibility index (Phi) is 7.21. The fourth-order valence-corrected chi connectivity index (χ4v) is 5.53. The van der Waals surface area contributed by atoms with Crippen molar-refractivity contribution in [1.29, 1.82) is 0 Å². The van der Waals surface area contributed by atoms with E-state index in [4.69, 9.17) is 4.74 Å². The van der Waals surface area contributed by atoms with Crippen LogP contribution in [0.2, 0.25) is 0 Å². The van der Waals surface area contributed by atoms with E-state index in [1.165, 1.54) is 11.1 Å². The van der Waals surface area contributed by atoms with Crippen molar-refractivity contribution in [2.45, 2.75) is 31.9 Å². The highest BCUT2D eigenvalue weighted by Crippen LogP contribution is 2.32. The van der Waals surface area contributed by atoms with Gasteiger partial charge >= 0.3 is 0 Å². The molecule has 0 saturated carbocycles. The van der Waals surface area contributed by atoms with Gasteiger partial charge in [0.15, 0.2) is 0 Å². The maximum absolute atomic E-state index is 13.7. The summed E-state index contributed by atoms with van der Waals surface area (Å²) < 4.78 is 6.40. The van der Waals surface area contributed by atoms with Crippen LogP contribution in [0.5, 0.6) is 5.75 Å². The normalized spacial score (nSPS) is 22.4. The van der Waals surface area contributed by atoms with E-state index < -0.39 is 17.9 Å². The van der Waals surface area contributed by atoms with Crippen molar-refractivity contribution in [1.82, 2.24) is 20.3 Å². The fraction of sp³-hybridized carbons (Fsp3) is 0.345. The van der Waals surface area contributed by atoms with Crippen LogP contribution in [-0.2, 0) is 9.59 Å². The monoisotopic (exact) mass is 500 g/mol. The lowest BCUT2D eigenvalue weighted by Crippen LogP contribution is -2.60. The number of aryl methyl sites for hydroxylation is 1. The number of nitrogens with zero attached hydrogens (tertiary/aromatic N) is 3. The van der Waals surface area contributed by atoms with Gasteiger partial charge in [-0.05, 0) is 50.1 Å². The topological polar surface area (TPSA) is 95.0 Å². The zero-order valence-corrected chi connectivity index (χ0v) is 21.1. The molecule has 3 heterocycles. The second-order valence-electron chi connectivity index (χ2n) is 9.85. The Labute approximate surface area is 216 Å². The smallest absolute Gasteiger partial charge is 0.248 e. The molecule has 0 aliphatic carbocycles. The van der Waals surface area contributed by atoms with Gasteiger partial charge in [0.05, 0.1) is 11.4 Å². The number of hydrogen-bond acceptors (Lipinski definition) is 6. The van der Waals surface area contributed by atoms with Gasteiger partial charge in [-0.15, -0.1) is 0 Å². The lowest BCUT2D eigenvalue weighted by Gasteiger charge is -2.43. The second-order valence-corrected chi connectivity index (χ2v) is 9.85. The Morgan fingerprint density at radius 3 is 2.59 bits per heavy atom. The van der Waals surface area contributed by atoms with Crippen LogP contribution >= 0.6 is 0 Å². The third-order valence-corrected chi connectivity index (χ3v) is 7.33. The number of para-hydroxylation sites is 1. The van der Waals surface area contributed by atoms with Gasteiger partial charge in [0.1, 0.15) is 17.9 Å². The molecule has 1 fully saturated rings. The summed E-state index contributed by atoms with van der Waals surface area (Å²) in [5, 5.41) is 10.4. The van der Waals surface area contributed by atoms with Crippen molar-refractivity contribution >= 4 is 28.3 Å². The number of likely N-dealkylation sites (tertiary alicyclic amines) is 1. The molecule has 8 heteroatoms. The summed E-state index contributed by atoms with van der Waals surface area (Å²) in [7, 11) is 1.83. The van der Waals surface area contributed by atoms with Crippen LogP contribution in [0.25, 0.3) is 16.5 Å². The number of carbonyl (C=O) groups is 2. The third kappa shape index (κ3) is 5.21. The highest BCUT2D eigenvalue weighted by atomic mass is 16.5. The molecule has 0 radical (unpaired) electrons. The van der Waals surface area contributed by atoms with Crippen molar-refractivity contribution in [3.8, 4) is 5.75 Å².